The average Bonchev–Trinajstić information content (AvgIpc) is 2.41. The van der Waals surface area contributed by atoms with E-state index < -0.39 is 0 Å². The third kappa shape index (κ3) is 1.89. The van der Waals surface area contributed by atoms with E-state index in [2.05, 4.69) is 22.7 Å². The molecular weight excluding hydrogens is 204 g/mol. The minimum Gasteiger partial charge on any atom is -0.366 e. The molecule has 0 spiro atoms. The predicted molar refractivity (Wildman–Crippen MR) is 63.5 cm³/mol. The van der Waals surface area contributed by atoms with Gasteiger partial charge in [0.25, 0.3) is 0 Å². The molecule has 2 heterocycles. The third-order valence-corrected chi connectivity index (χ3v) is 2.75. The first-order valence-corrected chi connectivity index (χ1v) is 5.74. The van der Waals surface area contributed by atoms with Crippen molar-refractivity contribution >= 4 is 17.4 Å². The number of anilines is 2. The van der Waals surface area contributed by atoms with Crippen molar-refractivity contribution in [1.29, 1.82) is 0 Å². The summed E-state index contributed by atoms with van der Waals surface area (Å²) < 4.78 is 1.81. The molecule has 1 unspecified atom stereocenters. The van der Waals surface area contributed by atoms with E-state index in [-0.39, 0.29) is 11.9 Å². The first-order chi connectivity index (χ1) is 7.61. The summed E-state index contributed by atoms with van der Waals surface area (Å²) in [5.74, 6) is 0.978. The van der Waals surface area contributed by atoms with Crippen LogP contribution in [0.5, 0.6) is 0 Å². The molecule has 1 aliphatic heterocycles. The van der Waals surface area contributed by atoms with Gasteiger partial charge in [0.2, 0.25) is 5.91 Å². The number of fused-ring (bicyclic) bond motifs is 1. The molecule has 1 aromatic heterocycles. The summed E-state index contributed by atoms with van der Waals surface area (Å²) in [5, 5.41) is 10.7. The zero-order chi connectivity index (χ0) is 11.7. The SMILES string of the molecule is CCCc1nn(C)c2c1NC(=O)CC(C)N2. The predicted octanol–water partition coefficient (Wildman–Crippen LogP) is 1.52. The van der Waals surface area contributed by atoms with Gasteiger partial charge in [-0.15, -0.1) is 0 Å². The van der Waals surface area contributed by atoms with Crippen LogP contribution in [0.3, 0.4) is 0 Å². The highest BCUT2D eigenvalue weighted by molar-refractivity contribution is 5.96. The van der Waals surface area contributed by atoms with Gasteiger partial charge in [-0.3, -0.25) is 9.48 Å². The number of nitrogens with zero attached hydrogens (tertiary/aromatic N) is 2. The third-order valence-electron chi connectivity index (χ3n) is 2.75. The summed E-state index contributed by atoms with van der Waals surface area (Å²) in [6.07, 6.45) is 2.41. The molecule has 1 amide bonds. The van der Waals surface area contributed by atoms with Crippen molar-refractivity contribution in [2.45, 2.75) is 39.2 Å². The number of aryl methyl sites for hydroxylation is 2. The highest BCUT2D eigenvalue weighted by Gasteiger charge is 2.23. The summed E-state index contributed by atoms with van der Waals surface area (Å²) in [5.41, 5.74) is 1.83. The maximum absolute atomic E-state index is 11.6. The number of carbonyl (C=O) groups excluding carboxylic acids is 1. The zero-order valence-corrected chi connectivity index (χ0v) is 10.0. The summed E-state index contributed by atoms with van der Waals surface area (Å²) in [7, 11) is 1.90. The second-order valence-electron chi connectivity index (χ2n) is 4.34. The van der Waals surface area contributed by atoms with E-state index in [1.807, 2.05) is 18.7 Å². The molecule has 16 heavy (non-hydrogen) atoms. The first kappa shape index (κ1) is 11.0. The van der Waals surface area contributed by atoms with Gasteiger partial charge in [-0.25, -0.2) is 0 Å². The van der Waals surface area contributed by atoms with Crippen LogP contribution in [-0.4, -0.2) is 21.7 Å². The maximum atomic E-state index is 11.6. The van der Waals surface area contributed by atoms with Crippen molar-refractivity contribution in [1.82, 2.24) is 9.78 Å². The van der Waals surface area contributed by atoms with Crippen molar-refractivity contribution in [3.8, 4) is 0 Å². The van der Waals surface area contributed by atoms with Crippen molar-refractivity contribution in [3.63, 3.8) is 0 Å². The molecule has 0 bridgehead atoms. The Kier molecular flexibility index (Phi) is 2.85. The Morgan fingerprint density at radius 3 is 3.00 bits per heavy atom. The molecule has 5 nitrogen and oxygen atoms in total. The van der Waals surface area contributed by atoms with Crippen LogP contribution < -0.4 is 10.6 Å². The van der Waals surface area contributed by atoms with Gasteiger partial charge in [-0.05, 0) is 13.3 Å². The quantitative estimate of drug-likeness (QED) is 0.797. The van der Waals surface area contributed by atoms with E-state index in [0.29, 0.717) is 6.42 Å². The molecule has 1 atom stereocenters. The number of carbonyl (C=O) groups is 1. The molecule has 0 aromatic carbocycles. The molecular formula is C11H18N4O. The smallest absolute Gasteiger partial charge is 0.226 e. The number of amides is 1. The van der Waals surface area contributed by atoms with E-state index in [9.17, 15) is 4.79 Å². The summed E-state index contributed by atoms with van der Waals surface area (Å²) in [6.45, 7) is 4.11. The zero-order valence-electron chi connectivity index (χ0n) is 10.0. The van der Waals surface area contributed by atoms with Crippen molar-refractivity contribution in [3.05, 3.63) is 5.69 Å². The van der Waals surface area contributed by atoms with E-state index >= 15 is 0 Å². The van der Waals surface area contributed by atoms with Gasteiger partial charge in [0.05, 0.1) is 5.69 Å². The van der Waals surface area contributed by atoms with Crippen molar-refractivity contribution in [2.75, 3.05) is 10.6 Å². The number of aromatic nitrogens is 2. The largest absolute Gasteiger partial charge is 0.366 e. The number of hydrogen-bond donors (Lipinski definition) is 2. The topological polar surface area (TPSA) is 59.0 Å². The van der Waals surface area contributed by atoms with Crippen LogP contribution in [0.15, 0.2) is 0 Å². The van der Waals surface area contributed by atoms with E-state index in [0.717, 1.165) is 30.0 Å². The number of rotatable bonds is 2. The molecule has 1 aliphatic rings. The van der Waals surface area contributed by atoms with Crippen molar-refractivity contribution in [2.24, 2.45) is 7.05 Å². The molecule has 0 saturated heterocycles. The van der Waals surface area contributed by atoms with Gasteiger partial charge < -0.3 is 10.6 Å². The molecule has 2 rings (SSSR count). The lowest BCUT2D eigenvalue weighted by Crippen LogP contribution is -2.20. The van der Waals surface area contributed by atoms with Gasteiger partial charge in [-0.2, -0.15) is 5.10 Å². The molecule has 0 fully saturated rings. The van der Waals surface area contributed by atoms with E-state index in [4.69, 9.17) is 0 Å². The van der Waals surface area contributed by atoms with Gasteiger partial charge in [-0.1, -0.05) is 13.3 Å². The van der Waals surface area contributed by atoms with Crippen LogP contribution in [0, 0.1) is 0 Å². The lowest BCUT2D eigenvalue weighted by atomic mass is 10.2. The fraction of sp³-hybridized carbons (Fsp3) is 0.636. The molecule has 0 radical (unpaired) electrons. The van der Waals surface area contributed by atoms with Crippen LogP contribution in [0.4, 0.5) is 11.5 Å². The Hall–Kier alpha value is -1.52. The Morgan fingerprint density at radius 2 is 2.31 bits per heavy atom. The fourth-order valence-electron chi connectivity index (χ4n) is 2.04. The molecule has 88 valence electrons. The fourth-order valence-corrected chi connectivity index (χ4v) is 2.04. The van der Waals surface area contributed by atoms with Gasteiger partial charge in [0, 0.05) is 19.5 Å². The molecule has 0 saturated carbocycles. The van der Waals surface area contributed by atoms with Gasteiger partial charge >= 0.3 is 0 Å². The van der Waals surface area contributed by atoms with Crippen molar-refractivity contribution < 1.29 is 4.79 Å². The number of hydrogen-bond acceptors (Lipinski definition) is 3. The van der Waals surface area contributed by atoms with Crippen LogP contribution in [0.1, 0.15) is 32.4 Å². The monoisotopic (exact) mass is 222 g/mol. The minimum absolute atomic E-state index is 0.0594. The highest BCUT2D eigenvalue weighted by atomic mass is 16.1. The standard InChI is InChI=1S/C11H18N4O/c1-4-5-8-10-11(15(3)14-8)12-7(2)6-9(16)13-10/h7,12H,4-6H2,1-3H3,(H,13,16). The van der Waals surface area contributed by atoms with Crippen LogP contribution in [0.2, 0.25) is 0 Å². The lowest BCUT2D eigenvalue weighted by molar-refractivity contribution is -0.116. The van der Waals surface area contributed by atoms with E-state index in [1.54, 1.807) is 0 Å². The van der Waals surface area contributed by atoms with Crippen LogP contribution in [-0.2, 0) is 18.3 Å². The van der Waals surface area contributed by atoms with Crippen LogP contribution >= 0.6 is 0 Å². The van der Waals surface area contributed by atoms with Crippen LogP contribution in [0.25, 0.3) is 0 Å². The molecule has 0 aliphatic carbocycles. The van der Waals surface area contributed by atoms with Gasteiger partial charge in [0.15, 0.2) is 0 Å². The lowest BCUT2D eigenvalue weighted by Gasteiger charge is -2.10. The Bertz CT molecular complexity index is 410. The maximum Gasteiger partial charge on any atom is 0.226 e. The summed E-state index contributed by atoms with van der Waals surface area (Å²) in [4.78, 5) is 11.6. The molecule has 2 N–H and O–H groups in total. The summed E-state index contributed by atoms with van der Waals surface area (Å²) in [6, 6.07) is 0.145. The molecule has 1 aromatic rings. The highest BCUT2D eigenvalue weighted by Crippen LogP contribution is 2.29. The second-order valence-corrected chi connectivity index (χ2v) is 4.34. The molecule has 5 heteroatoms. The Balaban J connectivity index is 2.41. The Labute approximate surface area is 95.2 Å². The minimum atomic E-state index is 0.0594. The second kappa shape index (κ2) is 4.15. The first-order valence-electron chi connectivity index (χ1n) is 5.74. The van der Waals surface area contributed by atoms with E-state index in [1.165, 1.54) is 0 Å². The average molecular weight is 222 g/mol. The summed E-state index contributed by atoms with van der Waals surface area (Å²) >= 11 is 0. The number of nitrogens with one attached hydrogen (secondary N) is 2. The van der Waals surface area contributed by atoms with Gasteiger partial charge in [0.1, 0.15) is 11.5 Å². The Morgan fingerprint density at radius 1 is 1.56 bits per heavy atom. The normalized spacial score (nSPS) is 19.7.